The van der Waals surface area contributed by atoms with Gasteiger partial charge in [-0.2, -0.15) is 0 Å². The number of nitrogens with one attached hydrogen (secondary N) is 1. The molecule has 0 aromatic heterocycles. The normalized spacial score (nSPS) is 16.2. The zero-order valence-corrected chi connectivity index (χ0v) is 22.7. The van der Waals surface area contributed by atoms with Crippen LogP contribution in [0.15, 0.2) is 48.7 Å². The highest BCUT2D eigenvalue weighted by Crippen LogP contribution is 2.27. The second-order valence-electron chi connectivity index (χ2n) is 9.76. The molecular formula is C28H31ClFN5O4. The van der Waals surface area contributed by atoms with Crippen molar-refractivity contribution in [1.82, 2.24) is 19.6 Å². The molecule has 0 spiro atoms. The van der Waals surface area contributed by atoms with Gasteiger partial charge in [0.15, 0.2) is 0 Å². The summed E-state index contributed by atoms with van der Waals surface area (Å²) >= 11 is 5.91. The molecule has 5 amide bonds. The van der Waals surface area contributed by atoms with Gasteiger partial charge >= 0.3 is 6.03 Å². The average molecular weight is 556 g/mol. The van der Waals surface area contributed by atoms with E-state index in [-0.39, 0.29) is 40.7 Å². The summed E-state index contributed by atoms with van der Waals surface area (Å²) in [7, 11) is 3.00. The molecule has 1 fully saturated rings. The van der Waals surface area contributed by atoms with E-state index in [4.69, 9.17) is 11.6 Å². The highest BCUT2D eigenvalue weighted by Gasteiger charge is 2.31. The number of amides is 5. The first-order valence-electron chi connectivity index (χ1n) is 12.7. The van der Waals surface area contributed by atoms with Crippen LogP contribution in [0.25, 0.3) is 5.57 Å². The molecule has 0 bridgehead atoms. The second-order valence-corrected chi connectivity index (χ2v) is 10.2. The van der Waals surface area contributed by atoms with Crippen LogP contribution in [0.2, 0.25) is 5.02 Å². The lowest BCUT2D eigenvalue weighted by molar-refractivity contribution is -0.135. The molecule has 2 aromatic rings. The van der Waals surface area contributed by atoms with Crippen LogP contribution >= 0.6 is 11.6 Å². The number of carbonyl (C=O) groups excluding carboxylic acids is 4. The Morgan fingerprint density at radius 3 is 2.51 bits per heavy atom. The summed E-state index contributed by atoms with van der Waals surface area (Å²) in [5.74, 6) is -1.65. The molecule has 4 rings (SSSR count). The smallest absolute Gasteiger partial charge is 0.322 e. The number of piperidine rings is 1. The van der Waals surface area contributed by atoms with Crippen LogP contribution in [0.4, 0.5) is 14.9 Å². The molecular weight excluding hydrogens is 525 g/mol. The zero-order chi connectivity index (χ0) is 28.1. The number of benzene rings is 2. The second kappa shape index (κ2) is 12.3. The summed E-state index contributed by atoms with van der Waals surface area (Å²) in [5, 5.41) is 2.82. The van der Waals surface area contributed by atoms with Gasteiger partial charge in [-0.25, -0.2) is 9.18 Å². The summed E-state index contributed by atoms with van der Waals surface area (Å²) in [6, 6.07) is 11.8. The van der Waals surface area contributed by atoms with Crippen LogP contribution in [0, 0.1) is 5.82 Å². The number of urea groups is 1. The maximum atomic E-state index is 14.7. The fourth-order valence-electron chi connectivity index (χ4n) is 4.89. The lowest BCUT2D eigenvalue weighted by Crippen LogP contribution is -2.51. The summed E-state index contributed by atoms with van der Waals surface area (Å²) in [5.41, 5.74) is 1.74. The van der Waals surface area contributed by atoms with E-state index in [2.05, 4.69) is 5.32 Å². The number of anilines is 1. The maximum Gasteiger partial charge on any atom is 0.322 e. The first kappa shape index (κ1) is 28.1. The van der Waals surface area contributed by atoms with E-state index in [0.29, 0.717) is 38.9 Å². The Bertz CT molecular complexity index is 1290. The van der Waals surface area contributed by atoms with Crippen molar-refractivity contribution in [1.29, 1.82) is 0 Å². The van der Waals surface area contributed by atoms with Crippen LogP contribution in [-0.4, -0.2) is 90.2 Å². The number of rotatable bonds is 7. The van der Waals surface area contributed by atoms with Crippen LogP contribution in [0.1, 0.15) is 24.0 Å². The fourth-order valence-corrected chi connectivity index (χ4v) is 5.07. The van der Waals surface area contributed by atoms with Crippen molar-refractivity contribution < 1.29 is 23.6 Å². The van der Waals surface area contributed by atoms with Gasteiger partial charge in [0.1, 0.15) is 12.4 Å². The third-order valence-electron chi connectivity index (χ3n) is 7.03. The Balaban J connectivity index is 1.41. The van der Waals surface area contributed by atoms with Gasteiger partial charge in [0.05, 0.1) is 10.6 Å². The molecule has 206 valence electrons. The van der Waals surface area contributed by atoms with Gasteiger partial charge < -0.3 is 24.9 Å². The van der Waals surface area contributed by atoms with E-state index in [1.807, 2.05) is 29.2 Å². The molecule has 1 N–H and O–H groups in total. The van der Waals surface area contributed by atoms with Gasteiger partial charge in [-0.1, -0.05) is 41.9 Å². The third kappa shape index (κ3) is 6.39. The minimum Gasteiger partial charge on any atom is -0.345 e. The lowest BCUT2D eigenvalue weighted by atomic mass is 10.0. The summed E-state index contributed by atoms with van der Waals surface area (Å²) in [6.07, 6.45) is 3.55. The van der Waals surface area contributed by atoms with Gasteiger partial charge in [0.2, 0.25) is 12.3 Å². The Hall–Kier alpha value is -3.92. The van der Waals surface area contributed by atoms with Crippen molar-refractivity contribution in [3.63, 3.8) is 0 Å². The molecule has 39 heavy (non-hydrogen) atoms. The average Bonchev–Trinajstić information content (AvgIpc) is 3.10. The zero-order valence-electron chi connectivity index (χ0n) is 21.9. The number of carbonyl (C=O) groups is 4. The molecule has 2 heterocycles. The van der Waals surface area contributed by atoms with Gasteiger partial charge in [0, 0.05) is 57.2 Å². The van der Waals surface area contributed by atoms with Gasteiger partial charge in [-0.05, 0) is 37.0 Å². The molecule has 0 unspecified atom stereocenters. The van der Waals surface area contributed by atoms with E-state index in [0.717, 1.165) is 22.6 Å². The number of para-hydroxylation sites is 1. The predicted molar refractivity (Wildman–Crippen MR) is 146 cm³/mol. The Labute approximate surface area is 231 Å². The highest BCUT2D eigenvalue weighted by atomic mass is 35.5. The highest BCUT2D eigenvalue weighted by molar-refractivity contribution is 6.31. The lowest BCUT2D eigenvalue weighted by Gasteiger charge is -2.38. The van der Waals surface area contributed by atoms with Crippen LogP contribution in [-0.2, 0) is 20.8 Å². The SMILES string of the molecule is CN(C)C(=O)/C(=C\N(C=O)CC(=O)N1CCC(N2CCc3ccccc3NC2=O)CC1)c1cccc(Cl)c1F. The molecule has 0 atom stereocenters. The quantitative estimate of drug-likeness (QED) is 0.418. The van der Waals surface area contributed by atoms with E-state index in [9.17, 15) is 23.6 Å². The first-order valence-corrected chi connectivity index (χ1v) is 13.1. The molecule has 2 aliphatic rings. The summed E-state index contributed by atoms with van der Waals surface area (Å²) < 4.78 is 14.7. The molecule has 0 aliphatic carbocycles. The largest absolute Gasteiger partial charge is 0.345 e. The van der Waals surface area contributed by atoms with Crippen molar-refractivity contribution >= 4 is 47.1 Å². The molecule has 2 aromatic carbocycles. The predicted octanol–water partition coefficient (Wildman–Crippen LogP) is 3.45. The standard InChI is InChI=1S/C28H31ClFN5O4/c1-32(2)27(38)22(21-7-5-8-23(29)26(21)30)16-33(18-36)17-25(37)34-13-11-20(12-14-34)35-15-10-19-6-3-4-9-24(19)31-28(35)39/h3-9,16,18,20H,10-15,17H2,1-2H3,(H,31,39)/b22-16-. The van der Waals surface area contributed by atoms with E-state index >= 15 is 0 Å². The minimum absolute atomic E-state index is 0.0134. The van der Waals surface area contributed by atoms with Gasteiger partial charge in [0.25, 0.3) is 5.91 Å². The van der Waals surface area contributed by atoms with Crippen molar-refractivity contribution in [3.8, 4) is 0 Å². The van der Waals surface area contributed by atoms with E-state index in [1.165, 1.54) is 43.4 Å². The molecule has 0 radical (unpaired) electrons. The topological polar surface area (TPSA) is 93.3 Å². The number of hydrogen-bond acceptors (Lipinski definition) is 4. The maximum absolute atomic E-state index is 14.7. The van der Waals surface area contributed by atoms with E-state index < -0.39 is 11.7 Å². The molecule has 9 nitrogen and oxygen atoms in total. The van der Waals surface area contributed by atoms with Crippen molar-refractivity contribution in [3.05, 3.63) is 70.6 Å². The van der Waals surface area contributed by atoms with Crippen molar-refractivity contribution in [2.75, 3.05) is 45.6 Å². The van der Waals surface area contributed by atoms with Crippen LogP contribution in [0.3, 0.4) is 0 Å². The Morgan fingerprint density at radius 1 is 1.10 bits per heavy atom. The third-order valence-corrected chi connectivity index (χ3v) is 7.32. The fraction of sp³-hybridized carbons (Fsp3) is 0.357. The molecule has 2 aliphatic heterocycles. The van der Waals surface area contributed by atoms with Crippen molar-refractivity contribution in [2.24, 2.45) is 0 Å². The monoisotopic (exact) mass is 555 g/mol. The number of likely N-dealkylation sites (tertiary alicyclic amines) is 1. The minimum atomic E-state index is -0.791. The number of halogens is 2. The first-order chi connectivity index (χ1) is 18.7. The van der Waals surface area contributed by atoms with Crippen LogP contribution in [0.5, 0.6) is 0 Å². The number of hydrogen-bond donors (Lipinski definition) is 1. The molecule has 11 heteroatoms. The Morgan fingerprint density at radius 2 is 1.82 bits per heavy atom. The van der Waals surface area contributed by atoms with E-state index in [1.54, 1.807) is 4.90 Å². The molecule has 1 saturated heterocycles. The summed E-state index contributed by atoms with van der Waals surface area (Å²) in [6.45, 7) is 1.11. The number of nitrogens with zero attached hydrogens (tertiary/aromatic N) is 4. The number of fused-ring (bicyclic) bond motifs is 1. The van der Waals surface area contributed by atoms with Crippen LogP contribution < -0.4 is 5.32 Å². The van der Waals surface area contributed by atoms with Crippen molar-refractivity contribution in [2.45, 2.75) is 25.3 Å². The van der Waals surface area contributed by atoms with Gasteiger partial charge in [-0.3, -0.25) is 14.4 Å². The Kier molecular flexibility index (Phi) is 8.86. The summed E-state index contributed by atoms with van der Waals surface area (Å²) in [4.78, 5) is 56.4. The van der Waals surface area contributed by atoms with Gasteiger partial charge in [-0.15, -0.1) is 0 Å². The number of likely N-dealkylation sites (N-methyl/N-ethyl adjacent to an activating group) is 1. The molecule has 0 saturated carbocycles.